The molecule has 0 amide bonds. The van der Waals surface area contributed by atoms with E-state index in [2.05, 4.69) is 6.07 Å². The number of hydrogen-bond donors (Lipinski definition) is 2. The van der Waals surface area contributed by atoms with Crippen LogP contribution in [0, 0.1) is 6.07 Å². The largest absolute Gasteiger partial charge is 0.302 e. The van der Waals surface area contributed by atoms with Crippen LogP contribution in [-0.2, 0) is 21.1 Å². The molecule has 0 saturated carbocycles. The average molecular weight is 293 g/mol. The first kappa shape index (κ1) is 8.44. The molecule has 1 rings (SSSR count). The van der Waals surface area contributed by atoms with Crippen LogP contribution in [0.4, 0.5) is 5.82 Å². The fourth-order valence-electron chi connectivity index (χ4n) is 0.424. The van der Waals surface area contributed by atoms with Gasteiger partial charge in [-0.1, -0.05) is 0 Å². The number of nitrogens with zero attached hydrogens (tertiary/aromatic N) is 1. The third kappa shape index (κ3) is 2.02. The molecule has 1 aromatic rings. The molecule has 0 spiro atoms. The maximum absolute atomic E-state index is 5.30. The van der Waals surface area contributed by atoms with Gasteiger partial charge in [-0.2, -0.15) is 16.8 Å². The molecule has 0 aliphatic heterocycles. The van der Waals surface area contributed by atoms with E-state index in [4.69, 9.17) is 11.6 Å². The average Bonchev–Trinajstić information content (AvgIpc) is 1.77. The summed E-state index contributed by atoms with van der Waals surface area (Å²) in [5.74, 6) is 5.72. The van der Waals surface area contributed by atoms with Crippen LogP contribution in [0.2, 0.25) is 0 Å². The van der Waals surface area contributed by atoms with Gasteiger partial charge < -0.3 is 5.73 Å². The summed E-state index contributed by atoms with van der Waals surface area (Å²) in [6, 6.07) is 6.18. The molecule has 0 aliphatic rings. The summed E-state index contributed by atoms with van der Waals surface area (Å²) in [7, 11) is 0. The van der Waals surface area contributed by atoms with Crippen LogP contribution < -0.4 is 16.3 Å². The predicted octanol–water partition coefficient (Wildman–Crippen LogP) is -0.932. The zero-order valence-corrected chi connectivity index (χ0v) is 7.68. The molecule has 0 unspecified atom stereocenters. The molecule has 4 N–H and O–H groups in total. The second-order valence-electron chi connectivity index (χ2n) is 1.45. The molecule has 0 bridgehead atoms. The van der Waals surface area contributed by atoms with Crippen molar-refractivity contribution in [3.63, 3.8) is 0 Å². The van der Waals surface area contributed by atoms with Crippen molar-refractivity contribution in [3.8, 4) is 0 Å². The van der Waals surface area contributed by atoms with E-state index in [1.54, 1.807) is 18.3 Å². The van der Waals surface area contributed by atoms with Crippen LogP contribution in [0.25, 0.3) is 0 Å². The van der Waals surface area contributed by atoms with Gasteiger partial charge >= 0.3 is 0 Å². The first-order valence-corrected chi connectivity index (χ1v) is 2.23. The molecular formula is C5H7N3W. The minimum Gasteiger partial charge on any atom is -0.302 e. The van der Waals surface area contributed by atoms with Crippen molar-refractivity contribution in [2.24, 2.45) is 0 Å². The number of aromatic nitrogens is 1. The molecule has 0 aliphatic carbocycles. The normalized spacial score (nSPS) is 8.00. The Labute approximate surface area is 67.9 Å². The standard InChI is InChI=1S/C5H6N3.W/c6-5-3-1-2-4-8(5)7;/h1-2,4,6H,7H2;/q-1;/p+1. The monoisotopic (exact) mass is 293 g/mol. The molecule has 0 radical (unpaired) electrons. The summed E-state index contributed by atoms with van der Waals surface area (Å²) < 4.78 is 1.31. The van der Waals surface area contributed by atoms with Gasteiger partial charge in [-0.15, -0.1) is 0 Å². The van der Waals surface area contributed by atoms with E-state index in [9.17, 15) is 0 Å². The van der Waals surface area contributed by atoms with Gasteiger partial charge in [0.05, 0.1) is 0 Å². The van der Waals surface area contributed by atoms with Gasteiger partial charge in [0.15, 0.2) is 0 Å². The van der Waals surface area contributed by atoms with Crippen molar-refractivity contribution in [3.05, 3.63) is 24.4 Å². The Balaban J connectivity index is 0.000000640. The first-order chi connectivity index (χ1) is 3.80. The van der Waals surface area contributed by atoms with Crippen molar-refractivity contribution in [1.82, 2.24) is 0 Å². The molecule has 0 saturated heterocycles. The van der Waals surface area contributed by atoms with Crippen LogP contribution in [0.1, 0.15) is 0 Å². The maximum Gasteiger partial charge on any atom is 0.201 e. The fraction of sp³-hybridized carbons (Fsp3) is 0. The second kappa shape index (κ2) is 3.46. The van der Waals surface area contributed by atoms with Gasteiger partial charge in [0.25, 0.3) is 0 Å². The Hall–Kier alpha value is -0.562. The van der Waals surface area contributed by atoms with Crippen LogP contribution in [0.3, 0.4) is 0 Å². The van der Waals surface area contributed by atoms with Gasteiger partial charge in [-0.3, -0.25) is 5.84 Å². The summed E-state index contributed by atoms with van der Waals surface area (Å²) in [5, 5.41) is 0. The molecule has 0 aromatic carbocycles. The van der Waals surface area contributed by atoms with Crippen molar-refractivity contribution in [2.45, 2.75) is 0 Å². The molecule has 0 fully saturated rings. The fourth-order valence-corrected chi connectivity index (χ4v) is 0.424. The number of nitrogen functional groups attached to an aromatic ring is 2. The Morgan fingerprint density at radius 3 is 2.56 bits per heavy atom. The molecule has 48 valence electrons. The SMILES string of the molecule is Nc1[c-]ccc[n+]1N.[W]. The number of anilines is 1. The van der Waals surface area contributed by atoms with Gasteiger partial charge in [0.1, 0.15) is 0 Å². The number of nitrogens with two attached hydrogens (primary N) is 2. The number of hydrogen-bond acceptors (Lipinski definition) is 2. The Morgan fingerprint density at radius 2 is 2.22 bits per heavy atom. The van der Waals surface area contributed by atoms with Crippen molar-refractivity contribution >= 4 is 5.82 Å². The first-order valence-electron chi connectivity index (χ1n) is 2.23. The van der Waals surface area contributed by atoms with E-state index in [0.717, 1.165) is 0 Å². The molecule has 9 heavy (non-hydrogen) atoms. The summed E-state index contributed by atoms with van der Waals surface area (Å²) in [5.41, 5.74) is 5.30. The van der Waals surface area contributed by atoms with Gasteiger partial charge in [0.2, 0.25) is 5.82 Å². The van der Waals surface area contributed by atoms with Crippen LogP contribution in [0.15, 0.2) is 18.3 Å². The third-order valence-electron chi connectivity index (χ3n) is 0.852. The molecule has 4 heteroatoms. The van der Waals surface area contributed by atoms with Gasteiger partial charge in [-0.25, -0.2) is 6.07 Å². The van der Waals surface area contributed by atoms with E-state index in [1.165, 1.54) is 4.68 Å². The molecule has 3 nitrogen and oxygen atoms in total. The minimum atomic E-state index is 0. The van der Waals surface area contributed by atoms with Crippen molar-refractivity contribution < 1.29 is 25.7 Å². The zero-order chi connectivity index (χ0) is 5.98. The summed E-state index contributed by atoms with van der Waals surface area (Å²) >= 11 is 0. The van der Waals surface area contributed by atoms with Crippen molar-refractivity contribution in [2.75, 3.05) is 11.6 Å². The molecule has 0 atom stereocenters. The Morgan fingerprint density at radius 1 is 1.56 bits per heavy atom. The molecule has 1 heterocycles. The predicted molar refractivity (Wildman–Crippen MR) is 30.0 cm³/mol. The quantitative estimate of drug-likeness (QED) is 0.369. The minimum absolute atomic E-state index is 0. The smallest absolute Gasteiger partial charge is 0.201 e. The molecular weight excluding hydrogens is 286 g/mol. The van der Waals surface area contributed by atoms with E-state index in [1.807, 2.05) is 0 Å². The van der Waals surface area contributed by atoms with E-state index in [0.29, 0.717) is 5.82 Å². The number of rotatable bonds is 0. The van der Waals surface area contributed by atoms with Crippen LogP contribution in [0.5, 0.6) is 0 Å². The topological polar surface area (TPSA) is 55.9 Å². The Bertz CT molecular complexity index is 168. The number of pyridine rings is 1. The third-order valence-corrected chi connectivity index (χ3v) is 0.852. The summed E-state index contributed by atoms with van der Waals surface area (Å²) in [6.45, 7) is 0. The molecule has 1 aromatic heterocycles. The zero-order valence-electron chi connectivity index (χ0n) is 4.74. The van der Waals surface area contributed by atoms with Gasteiger partial charge in [0, 0.05) is 27.3 Å². The Kier molecular flexibility index (Phi) is 3.25. The van der Waals surface area contributed by atoms with E-state index >= 15 is 0 Å². The van der Waals surface area contributed by atoms with Crippen molar-refractivity contribution in [1.29, 1.82) is 0 Å². The summed E-state index contributed by atoms with van der Waals surface area (Å²) in [4.78, 5) is 0. The van der Waals surface area contributed by atoms with E-state index < -0.39 is 0 Å². The van der Waals surface area contributed by atoms with Gasteiger partial charge in [-0.05, 0) is 0 Å². The summed E-state index contributed by atoms with van der Waals surface area (Å²) in [6.07, 6.45) is 1.66. The van der Waals surface area contributed by atoms with Crippen LogP contribution >= 0.6 is 0 Å². The van der Waals surface area contributed by atoms with Crippen LogP contribution in [-0.4, -0.2) is 0 Å². The second-order valence-corrected chi connectivity index (χ2v) is 1.45. The maximum atomic E-state index is 5.30. The van der Waals surface area contributed by atoms with E-state index in [-0.39, 0.29) is 21.1 Å².